The summed E-state index contributed by atoms with van der Waals surface area (Å²) in [5.74, 6) is 5.79. The molecule has 6 aliphatic carbocycles. The summed E-state index contributed by atoms with van der Waals surface area (Å²) in [6.07, 6.45) is 29.3. The Kier molecular flexibility index (Phi) is 18.4. The second-order valence-electron chi connectivity index (χ2n) is 19.5. The van der Waals surface area contributed by atoms with Crippen LogP contribution in [0.3, 0.4) is 0 Å². The van der Waals surface area contributed by atoms with Crippen molar-refractivity contribution in [3.8, 4) is 0 Å². The fourth-order valence-electron chi connectivity index (χ4n) is 12.3. The first-order valence-corrected chi connectivity index (χ1v) is 23.9. The molecule has 0 bridgehead atoms. The summed E-state index contributed by atoms with van der Waals surface area (Å²) in [6.45, 7) is 8.79. The molecule has 0 aromatic rings. The average Bonchev–Trinajstić information content (AvgIpc) is 3.20. The number of alkyl halides is 2. The summed E-state index contributed by atoms with van der Waals surface area (Å²) in [6, 6.07) is 0. The molecule has 0 aromatic heterocycles. The van der Waals surface area contributed by atoms with Crippen LogP contribution < -0.4 is 0 Å². The lowest BCUT2D eigenvalue weighted by Crippen LogP contribution is -2.35. The molecule has 0 amide bonds. The Balaban J connectivity index is 0.000000208. The van der Waals surface area contributed by atoms with E-state index in [-0.39, 0.29) is 47.8 Å². The number of esters is 2. The third-order valence-electron chi connectivity index (χ3n) is 16.1. The highest BCUT2D eigenvalue weighted by molar-refractivity contribution is 5.73. The predicted octanol–water partition coefficient (Wildman–Crippen LogP) is 13.7. The van der Waals surface area contributed by atoms with Crippen molar-refractivity contribution in [2.24, 2.45) is 59.2 Å². The van der Waals surface area contributed by atoms with Gasteiger partial charge in [-0.25, -0.2) is 8.78 Å². The zero-order valence-electron chi connectivity index (χ0n) is 35.3. The van der Waals surface area contributed by atoms with Crippen molar-refractivity contribution in [1.82, 2.24) is 0 Å². The van der Waals surface area contributed by atoms with E-state index in [9.17, 15) is 18.4 Å². The molecule has 0 aromatic carbocycles. The number of ether oxygens (including phenoxy) is 2. The van der Waals surface area contributed by atoms with Crippen molar-refractivity contribution in [3.05, 3.63) is 0 Å². The minimum absolute atomic E-state index is 0.0331. The monoisotopic (exact) mass is 761 g/mol. The molecule has 54 heavy (non-hydrogen) atoms. The van der Waals surface area contributed by atoms with E-state index in [1.165, 1.54) is 96.3 Å². The van der Waals surface area contributed by atoms with Crippen molar-refractivity contribution in [3.63, 3.8) is 0 Å². The van der Waals surface area contributed by atoms with Gasteiger partial charge < -0.3 is 9.47 Å². The third kappa shape index (κ3) is 12.9. The van der Waals surface area contributed by atoms with Gasteiger partial charge in [-0.3, -0.25) is 9.59 Å². The molecule has 0 aliphatic heterocycles. The number of rotatable bonds is 12. The van der Waals surface area contributed by atoms with E-state index in [2.05, 4.69) is 27.7 Å². The molecule has 312 valence electrons. The van der Waals surface area contributed by atoms with Crippen LogP contribution in [0.1, 0.15) is 207 Å². The van der Waals surface area contributed by atoms with Gasteiger partial charge in [0.1, 0.15) is 24.6 Å². The van der Waals surface area contributed by atoms with E-state index < -0.39 is 12.3 Å². The second-order valence-corrected chi connectivity index (χ2v) is 19.5. The fraction of sp³-hybridized carbons (Fsp3) is 0.958. The lowest BCUT2D eigenvalue weighted by molar-refractivity contribution is -0.160. The maximum atomic E-state index is 14.3. The van der Waals surface area contributed by atoms with Gasteiger partial charge in [-0.1, -0.05) is 85.5 Å². The summed E-state index contributed by atoms with van der Waals surface area (Å²) in [5, 5.41) is 0. The van der Waals surface area contributed by atoms with Crippen LogP contribution in [0.15, 0.2) is 0 Å². The predicted molar refractivity (Wildman–Crippen MR) is 216 cm³/mol. The molecule has 6 atom stereocenters. The van der Waals surface area contributed by atoms with Gasteiger partial charge in [-0.2, -0.15) is 0 Å². The van der Waals surface area contributed by atoms with Crippen LogP contribution in [0.2, 0.25) is 0 Å². The molecule has 6 unspecified atom stereocenters. The molecular formula is C48H82F2O4. The normalized spacial score (nSPS) is 40.5. The molecule has 0 saturated heterocycles. The number of hydrogen-bond acceptors (Lipinski definition) is 4. The molecule has 6 aliphatic rings. The molecule has 0 radical (unpaired) electrons. The summed E-state index contributed by atoms with van der Waals surface area (Å²) in [7, 11) is 0. The van der Waals surface area contributed by atoms with Gasteiger partial charge in [0.25, 0.3) is 0 Å². The Bertz CT molecular complexity index is 1070. The van der Waals surface area contributed by atoms with Gasteiger partial charge in [-0.05, 0) is 156 Å². The van der Waals surface area contributed by atoms with Gasteiger partial charge in [0.2, 0.25) is 0 Å². The molecule has 6 heteroatoms. The molecule has 0 N–H and O–H groups in total. The highest BCUT2D eigenvalue weighted by atomic mass is 19.1. The average molecular weight is 761 g/mol. The van der Waals surface area contributed by atoms with E-state index >= 15 is 0 Å². The van der Waals surface area contributed by atoms with E-state index in [0.29, 0.717) is 12.8 Å². The standard InChI is InChI=1S/2C24H41FO2/c1-3-5-17-6-8-19(9-7-17)20-10-12-21(13-11-20)24(26)27-22-15-14-18(4-2)23(25)16-22;1-3-5-20-14-15-22(16-23(20)25)27-24(26)21-12-10-19(11-13-21)18-8-6-17(4-2)7-9-18/h2*17-23H,3-16H2,1-2H3. The van der Waals surface area contributed by atoms with Crippen molar-refractivity contribution in [2.75, 3.05) is 0 Å². The van der Waals surface area contributed by atoms with Crippen LogP contribution in [0.25, 0.3) is 0 Å². The summed E-state index contributed by atoms with van der Waals surface area (Å²) in [5.41, 5.74) is 0. The Labute approximate surface area is 330 Å². The largest absolute Gasteiger partial charge is 0.462 e. The Morgan fingerprint density at radius 3 is 1.20 bits per heavy atom. The van der Waals surface area contributed by atoms with Crippen LogP contribution in [-0.2, 0) is 19.1 Å². The number of carbonyl (C=O) groups excluding carboxylic acids is 2. The zero-order chi connectivity index (χ0) is 38.5. The summed E-state index contributed by atoms with van der Waals surface area (Å²) in [4.78, 5) is 25.2. The summed E-state index contributed by atoms with van der Waals surface area (Å²) >= 11 is 0. The lowest BCUT2D eigenvalue weighted by Gasteiger charge is -2.38. The van der Waals surface area contributed by atoms with E-state index in [1.54, 1.807) is 0 Å². The van der Waals surface area contributed by atoms with Gasteiger partial charge in [0, 0.05) is 12.8 Å². The maximum Gasteiger partial charge on any atom is 0.309 e. The van der Waals surface area contributed by atoms with Gasteiger partial charge in [0.15, 0.2) is 0 Å². The van der Waals surface area contributed by atoms with Crippen LogP contribution in [0, 0.1) is 59.2 Å². The van der Waals surface area contributed by atoms with Gasteiger partial charge in [-0.15, -0.1) is 0 Å². The van der Waals surface area contributed by atoms with Crippen LogP contribution in [0.4, 0.5) is 8.78 Å². The first-order chi connectivity index (χ1) is 26.2. The Morgan fingerprint density at radius 2 is 0.833 bits per heavy atom. The number of halogens is 2. The molecular weight excluding hydrogens is 679 g/mol. The zero-order valence-corrected chi connectivity index (χ0v) is 35.3. The van der Waals surface area contributed by atoms with Crippen LogP contribution in [0.5, 0.6) is 0 Å². The molecule has 0 spiro atoms. The quantitative estimate of drug-likeness (QED) is 0.186. The first-order valence-electron chi connectivity index (χ1n) is 23.9. The minimum atomic E-state index is -0.792. The SMILES string of the molecule is CCCC1CCC(C2CCC(C(=O)OC3CCC(CC)C(F)C3)CC2)CC1.CCCC1CCC(OC(=O)C2CCC(C3CCC(CC)CC3)CC2)CC1F. The summed E-state index contributed by atoms with van der Waals surface area (Å²) < 4.78 is 39.9. The molecule has 6 rings (SSSR count). The Morgan fingerprint density at radius 1 is 0.444 bits per heavy atom. The fourth-order valence-corrected chi connectivity index (χ4v) is 12.3. The smallest absolute Gasteiger partial charge is 0.309 e. The van der Waals surface area contributed by atoms with Crippen LogP contribution >= 0.6 is 0 Å². The number of carbonyl (C=O) groups is 2. The molecule has 6 fully saturated rings. The molecule has 6 saturated carbocycles. The topological polar surface area (TPSA) is 52.6 Å². The Hall–Kier alpha value is -1.20. The third-order valence-corrected chi connectivity index (χ3v) is 16.1. The van der Waals surface area contributed by atoms with Crippen molar-refractivity contribution >= 4 is 11.9 Å². The van der Waals surface area contributed by atoms with E-state index in [1.807, 2.05) is 0 Å². The molecule has 4 nitrogen and oxygen atoms in total. The van der Waals surface area contributed by atoms with E-state index in [4.69, 9.17) is 9.47 Å². The number of hydrogen-bond donors (Lipinski definition) is 0. The molecule has 0 heterocycles. The van der Waals surface area contributed by atoms with E-state index in [0.717, 1.165) is 106 Å². The second kappa shape index (κ2) is 22.7. The minimum Gasteiger partial charge on any atom is -0.462 e. The van der Waals surface area contributed by atoms with Crippen molar-refractivity contribution in [2.45, 2.75) is 232 Å². The van der Waals surface area contributed by atoms with Crippen LogP contribution in [-0.4, -0.2) is 36.5 Å². The van der Waals surface area contributed by atoms with Crippen molar-refractivity contribution in [1.29, 1.82) is 0 Å². The van der Waals surface area contributed by atoms with Gasteiger partial charge in [0.05, 0.1) is 11.8 Å². The highest BCUT2D eigenvalue weighted by Crippen LogP contribution is 2.44. The van der Waals surface area contributed by atoms with Gasteiger partial charge >= 0.3 is 11.9 Å². The first kappa shape index (κ1) is 43.9. The van der Waals surface area contributed by atoms with Crippen molar-refractivity contribution < 1.29 is 27.8 Å². The highest BCUT2D eigenvalue weighted by Gasteiger charge is 2.38. The maximum absolute atomic E-state index is 14.3. The lowest BCUT2D eigenvalue weighted by atomic mass is 9.69.